The second-order valence-electron chi connectivity index (χ2n) is 9.48. The number of hydrogen-bond acceptors (Lipinski definition) is 6. The molecule has 3 aliphatic rings. The number of ether oxygens (including phenoxy) is 2. The Morgan fingerprint density at radius 3 is 2.59 bits per heavy atom. The van der Waals surface area contributed by atoms with Crippen LogP contribution in [0.4, 0.5) is 11.4 Å². The van der Waals surface area contributed by atoms with E-state index in [9.17, 15) is 4.79 Å². The van der Waals surface area contributed by atoms with Crippen LogP contribution in [0.25, 0.3) is 0 Å². The first kappa shape index (κ1) is 25.0. The van der Waals surface area contributed by atoms with Gasteiger partial charge >= 0.3 is 0 Å². The number of aromatic nitrogens is 2. The van der Waals surface area contributed by atoms with Gasteiger partial charge < -0.3 is 20.1 Å². The minimum atomic E-state index is -0.197. The second-order valence-corrected chi connectivity index (χ2v) is 9.86. The lowest BCUT2D eigenvalue weighted by Gasteiger charge is -2.30. The van der Waals surface area contributed by atoms with Crippen molar-refractivity contribution < 1.29 is 9.47 Å². The summed E-state index contributed by atoms with van der Waals surface area (Å²) in [7, 11) is 1.73. The zero-order valence-electron chi connectivity index (χ0n) is 20.0. The largest absolute Gasteiger partial charge is 0.382 e. The minimum Gasteiger partial charge on any atom is -0.382 e. The maximum absolute atomic E-state index is 12.5. The number of methoxy groups -OCH3 is 1. The van der Waals surface area contributed by atoms with E-state index in [1.807, 2.05) is 6.07 Å². The molecule has 2 aromatic rings. The Morgan fingerprint density at radius 2 is 1.88 bits per heavy atom. The van der Waals surface area contributed by atoms with Gasteiger partial charge in [0.15, 0.2) is 0 Å². The van der Waals surface area contributed by atoms with Crippen LogP contribution in [0.2, 0.25) is 5.02 Å². The molecule has 8 heteroatoms. The summed E-state index contributed by atoms with van der Waals surface area (Å²) in [6, 6.07) is 11.3. The normalized spacial score (nSPS) is 23.0. The van der Waals surface area contributed by atoms with Crippen molar-refractivity contribution in [1.29, 1.82) is 0 Å². The van der Waals surface area contributed by atoms with Crippen molar-refractivity contribution in [3.05, 3.63) is 51.9 Å². The van der Waals surface area contributed by atoms with Gasteiger partial charge in [-0.05, 0) is 44.2 Å². The maximum Gasteiger partial charge on any atom is 0.287 e. The van der Waals surface area contributed by atoms with Crippen molar-refractivity contribution in [3.8, 4) is 0 Å². The summed E-state index contributed by atoms with van der Waals surface area (Å²) in [5, 5.41) is 11.2. The van der Waals surface area contributed by atoms with E-state index in [0.717, 1.165) is 44.8 Å². The van der Waals surface area contributed by atoms with Crippen molar-refractivity contribution in [1.82, 2.24) is 9.78 Å². The highest BCUT2D eigenvalue weighted by Crippen LogP contribution is 2.28. The molecule has 34 heavy (non-hydrogen) atoms. The molecule has 0 amide bonds. The lowest BCUT2D eigenvalue weighted by Crippen LogP contribution is -2.38. The van der Waals surface area contributed by atoms with E-state index >= 15 is 0 Å². The van der Waals surface area contributed by atoms with Crippen molar-refractivity contribution in [3.63, 3.8) is 0 Å². The third-order valence-electron chi connectivity index (χ3n) is 6.85. The fourth-order valence-corrected chi connectivity index (χ4v) is 4.87. The van der Waals surface area contributed by atoms with Crippen LogP contribution in [0.1, 0.15) is 57.4 Å². The second kappa shape index (κ2) is 12.6. The first-order valence-corrected chi connectivity index (χ1v) is 13.0. The number of rotatable bonds is 7. The van der Waals surface area contributed by atoms with Gasteiger partial charge in [-0.15, -0.1) is 0 Å². The van der Waals surface area contributed by atoms with E-state index < -0.39 is 0 Å². The number of halogens is 1. The Kier molecular flexibility index (Phi) is 9.25. The molecular formula is C26H37ClN4O3. The van der Waals surface area contributed by atoms with Gasteiger partial charge in [-0.2, -0.15) is 5.10 Å². The smallest absolute Gasteiger partial charge is 0.287 e. The maximum atomic E-state index is 12.5. The molecule has 2 saturated carbocycles. The van der Waals surface area contributed by atoms with Crippen LogP contribution in [-0.2, 0) is 9.47 Å². The quantitative estimate of drug-likeness (QED) is 0.562. The number of hydrogen-bond donors (Lipinski definition) is 2. The summed E-state index contributed by atoms with van der Waals surface area (Å²) >= 11 is 6.31. The van der Waals surface area contributed by atoms with Crippen LogP contribution in [0, 0.1) is 5.92 Å². The van der Waals surface area contributed by atoms with Crippen LogP contribution in [0.5, 0.6) is 0 Å². The van der Waals surface area contributed by atoms with Gasteiger partial charge in [0.2, 0.25) is 0 Å². The van der Waals surface area contributed by atoms with Gasteiger partial charge in [0.25, 0.3) is 5.56 Å². The highest BCUT2D eigenvalue weighted by molar-refractivity contribution is 6.32. The first-order chi connectivity index (χ1) is 16.7. The van der Waals surface area contributed by atoms with Gasteiger partial charge in [-0.3, -0.25) is 4.79 Å². The van der Waals surface area contributed by atoms with Crippen molar-refractivity contribution in [2.75, 3.05) is 37.5 Å². The Hall–Kier alpha value is -2.09. The highest BCUT2D eigenvalue weighted by atomic mass is 35.5. The predicted octanol–water partition coefficient (Wildman–Crippen LogP) is 5.13. The molecular weight excluding hydrogens is 452 g/mol. The minimum absolute atomic E-state index is 0.167. The van der Waals surface area contributed by atoms with E-state index in [1.165, 1.54) is 24.9 Å². The summed E-state index contributed by atoms with van der Waals surface area (Å²) in [5.41, 5.74) is 1.65. The van der Waals surface area contributed by atoms with E-state index in [0.29, 0.717) is 18.8 Å². The molecule has 2 aliphatic carbocycles. The molecule has 1 aliphatic heterocycles. The van der Waals surface area contributed by atoms with Crippen molar-refractivity contribution in [2.45, 2.75) is 69.6 Å². The summed E-state index contributed by atoms with van der Waals surface area (Å²) < 4.78 is 12.6. The molecule has 2 unspecified atom stereocenters. The number of nitrogens with zero attached hydrogens (tertiary/aromatic N) is 2. The molecule has 1 aromatic heterocycles. The Labute approximate surface area is 207 Å². The van der Waals surface area contributed by atoms with E-state index in [4.69, 9.17) is 21.1 Å². The summed E-state index contributed by atoms with van der Waals surface area (Å²) in [5.74, 6) is 0.237. The fourth-order valence-electron chi connectivity index (χ4n) is 4.67. The summed E-state index contributed by atoms with van der Waals surface area (Å²) in [6.07, 6.45) is 11.0. The van der Waals surface area contributed by atoms with Gasteiger partial charge in [0.05, 0.1) is 30.6 Å². The van der Waals surface area contributed by atoms with Gasteiger partial charge in [-0.25, -0.2) is 4.68 Å². The van der Waals surface area contributed by atoms with Gasteiger partial charge in [0.1, 0.15) is 5.02 Å². The average Bonchev–Trinajstić information content (AvgIpc) is 3.71. The molecule has 3 fully saturated rings. The third kappa shape index (κ3) is 6.96. The van der Waals surface area contributed by atoms with Crippen LogP contribution in [0.3, 0.4) is 0 Å². The Bertz CT molecular complexity index is 945. The standard InChI is InChI=1S/C17H26ClN3O3.C9H11N/c1-23-15-7-8-24-11-12(15)9-19-14-10-20-21(17(22)16(14)18)13-5-3-2-4-6-13;1-2-4-8(5-3-1)10-9-6-7-9/h10,12-13,15,19H,2-9,11H2,1H3;1-5,9-10H,6-7H2. The van der Waals surface area contributed by atoms with Crippen LogP contribution in [-0.4, -0.2) is 48.8 Å². The Morgan fingerprint density at radius 1 is 1.12 bits per heavy atom. The molecule has 2 heterocycles. The van der Waals surface area contributed by atoms with E-state index in [-0.39, 0.29) is 28.6 Å². The predicted molar refractivity (Wildman–Crippen MR) is 137 cm³/mol. The molecule has 0 spiro atoms. The lowest BCUT2D eigenvalue weighted by molar-refractivity contribution is -0.0512. The molecule has 1 aromatic carbocycles. The van der Waals surface area contributed by atoms with Crippen LogP contribution in [0.15, 0.2) is 41.3 Å². The number of para-hydroxylation sites is 1. The molecule has 7 nitrogen and oxygen atoms in total. The molecule has 186 valence electrons. The van der Waals surface area contributed by atoms with Crippen LogP contribution >= 0.6 is 11.6 Å². The molecule has 0 radical (unpaired) electrons. The zero-order chi connectivity index (χ0) is 23.8. The van der Waals surface area contributed by atoms with E-state index in [1.54, 1.807) is 18.0 Å². The average molecular weight is 489 g/mol. The fraction of sp³-hybridized carbons (Fsp3) is 0.615. The van der Waals surface area contributed by atoms with Gasteiger partial charge in [-0.1, -0.05) is 49.1 Å². The highest BCUT2D eigenvalue weighted by Gasteiger charge is 2.26. The van der Waals surface area contributed by atoms with Crippen LogP contribution < -0.4 is 16.2 Å². The third-order valence-corrected chi connectivity index (χ3v) is 7.21. The van der Waals surface area contributed by atoms with Crippen molar-refractivity contribution in [2.24, 2.45) is 5.92 Å². The Balaban J connectivity index is 0.000000226. The number of nitrogens with one attached hydrogen (secondary N) is 2. The molecule has 1 saturated heterocycles. The first-order valence-electron chi connectivity index (χ1n) is 12.6. The number of benzene rings is 1. The van der Waals surface area contributed by atoms with E-state index in [2.05, 4.69) is 40.0 Å². The molecule has 2 atom stereocenters. The summed E-state index contributed by atoms with van der Waals surface area (Å²) in [4.78, 5) is 12.5. The lowest BCUT2D eigenvalue weighted by atomic mass is 9.96. The van der Waals surface area contributed by atoms with Gasteiger partial charge in [0, 0.05) is 37.9 Å². The monoisotopic (exact) mass is 488 g/mol. The topological polar surface area (TPSA) is 77.4 Å². The molecule has 5 rings (SSSR count). The SMILES string of the molecule is COC1CCOCC1CNc1cnn(C2CCCCC2)c(=O)c1Cl.c1ccc(NC2CC2)cc1. The summed E-state index contributed by atoms with van der Waals surface area (Å²) in [6.45, 7) is 2.03. The molecule has 2 N–H and O–H groups in total. The zero-order valence-corrected chi connectivity index (χ0v) is 20.8. The molecule has 0 bridgehead atoms. The van der Waals surface area contributed by atoms with Crippen molar-refractivity contribution >= 4 is 23.0 Å². The number of anilines is 2.